The van der Waals surface area contributed by atoms with Crippen molar-refractivity contribution in [2.75, 3.05) is 9.80 Å². The Morgan fingerprint density at radius 2 is 1.09 bits per heavy atom. The Bertz CT molecular complexity index is 3280. The van der Waals surface area contributed by atoms with E-state index in [0.717, 1.165) is 0 Å². The van der Waals surface area contributed by atoms with Crippen LogP contribution in [0.4, 0.5) is 34.1 Å². The van der Waals surface area contributed by atoms with Gasteiger partial charge in [-0.1, -0.05) is 174 Å². The monoisotopic (exact) mass is 907 g/mol. The number of hydrogen-bond donors (Lipinski definition) is 0. The SMILES string of the molecule is Cc1cc2c3c(c1)N(c1ccc(C(C)(C)C)cc1)c1c(sc4cc5c(cc14)C(C)(C)CCC5(C)C)B3c1ccc(C(C)(C)c3ccccc3)cc1N2c1ccc(C(C)(C)C)cc1-c1ccccc1. The van der Waals surface area contributed by atoms with Crippen LogP contribution in [-0.2, 0) is 27.1 Å². The minimum absolute atomic E-state index is 0.0212. The average molecular weight is 907 g/mol. The lowest BCUT2D eigenvalue weighted by molar-refractivity contribution is 0.332. The molecule has 2 aliphatic heterocycles. The van der Waals surface area contributed by atoms with Crippen LogP contribution in [0.1, 0.15) is 135 Å². The van der Waals surface area contributed by atoms with Crippen LogP contribution in [0.25, 0.3) is 21.2 Å². The number of anilines is 6. The summed E-state index contributed by atoms with van der Waals surface area (Å²) in [5, 5.41) is 1.37. The number of thiophene rings is 1. The molecule has 0 saturated heterocycles. The van der Waals surface area contributed by atoms with Crippen molar-refractivity contribution in [3.8, 4) is 11.1 Å². The first-order valence-corrected chi connectivity index (χ1v) is 25.8. The van der Waals surface area contributed by atoms with Gasteiger partial charge < -0.3 is 9.80 Å². The highest BCUT2D eigenvalue weighted by Gasteiger charge is 2.47. The zero-order valence-electron chi connectivity index (χ0n) is 42.7. The Morgan fingerprint density at radius 3 is 1.72 bits per heavy atom. The Balaban J connectivity index is 1.26. The van der Waals surface area contributed by atoms with Crippen LogP contribution in [0.15, 0.2) is 146 Å². The third-order valence-electron chi connectivity index (χ3n) is 16.2. The Labute approximate surface area is 411 Å². The van der Waals surface area contributed by atoms with Gasteiger partial charge in [0.05, 0.1) is 11.4 Å². The van der Waals surface area contributed by atoms with Crippen molar-refractivity contribution in [3.05, 3.63) is 185 Å². The molecule has 11 rings (SSSR count). The van der Waals surface area contributed by atoms with Crippen molar-refractivity contribution in [2.24, 2.45) is 0 Å². The quantitative estimate of drug-likeness (QED) is 0.159. The first kappa shape index (κ1) is 44.7. The maximum Gasteiger partial charge on any atom is 0.264 e. The van der Waals surface area contributed by atoms with Crippen LogP contribution < -0.4 is 25.5 Å². The number of nitrogens with zero attached hydrogens (tertiary/aromatic N) is 2. The van der Waals surface area contributed by atoms with Crippen LogP contribution in [0.2, 0.25) is 0 Å². The highest BCUT2D eigenvalue weighted by atomic mass is 32.1. The summed E-state index contributed by atoms with van der Waals surface area (Å²) in [5.74, 6) is 0. The fourth-order valence-corrected chi connectivity index (χ4v) is 13.1. The molecule has 342 valence electrons. The number of benzene rings is 7. The zero-order valence-corrected chi connectivity index (χ0v) is 43.5. The third kappa shape index (κ3) is 7.02. The van der Waals surface area contributed by atoms with E-state index in [9.17, 15) is 0 Å². The molecule has 4 heteroatoms. The maximum atomic E-state index is 2.66. The lowest BCUT2D eigenvalue weighted by Crippen LogP contribution is -2.60. The van der Waals surface area contributed by atoms with Gasteiger partial charge in [-0.25, -0.2) is 0 Å². The summed E-state index contributed by atoms with van der Waals surface area (Å²) in [7, 11) is 0. The van der Waals surface area contributed by atoms with Gasteiger partial charge in [-0.2, -0.15) is 0 Å². The predicted octanol–water partition coefficient (Wildman–Crippen LogP) is 16.2. The lowest BCUT2D eigenvalue weighted by atomic mass is 9.36. The highest BCUT2D eigenvalue weighted by Crippen LogP contribution is 2.54. The molecule has 0 spiro atoms. The fourth-order valence-electron chi connectivity index (χ4n) is 11.8. The lowest BCUT2D eigenvalue weighted by Gasteiger charge is -2.44. The summed E-state index contributed by atoms with van der Waals surface area (Å²) < 4.78 is 2.81. The van der Waals surface area contributed by atoms with Gasteiger partial charge in [0.25, 0.3) is 6.71 Å². The first-order valence-electron chi connectivity index (χ1n) is 25.0. The van der Waals surface area contributed by atoms with Crippen LogP contribution in [-0.4, -0.2) is 6.71 Å². The van der Waals surface area contributed by atoms with Crippen molar-refractivity contribution in [2.45, 2.75) is 130 Å². The molecule has 0 amide bonds. The second kappa shape index (κ2) is 15.3. The first-order chi connectivity index (χ1) is 32.1. The van der Waals surface area contributed by atoms with Crippen molar-refractivity contribution in [3.63, 3.8) is 0 Å². The van der Waals surface area contributed by atoms with E-state index in [4.69, 9.17) is 0 Å². The molecule has 2 nitrogen and oxygen atoms in total. The topological polar surface area (TPSA) is 6.48 Å². The number of rotatable bonds is 5. The molecule has 0 radical (unpaired) electrons. The van der Waals surface area contributed by atoms with Gasteiger partial charge >= 0.3 is 0 Å². The van der Waals surface area contributed by atoms with Gasteiger partial charge in [0.15, 0.2) is 0 Å². The summed E-state index contributed by atoms with van der Waals surface area (Å²) in [6, 6.07) is 56.6. The third-order valence-corrected chi connectivity index (χ3v) is 17.4. The normalized spacial score (nSPS) is 16.0. The molecule has 3 heterocycles. The molecule has 0 unspecified atom stereocenters. The molecular weight excluding hydrogens is 840 g/mol. The molecule has 0 bridgehead atoms. The fraction of sp³-hybridized carbons (Fsp3) is 0.312. The molecule has 0 fully saturated rings. The largest absolute Gasteiger partial charge is 0.311 e. The molecular formula is C64H67BN2S. The molecule has 0 saturated carbocycles. The zero-order chi connectivity index (χ0) is 47.9. The molecule has 0 N–H and O–H groups in total. The summed E-state index contributed by atoms with van der Waals surface area (Å²) in [5.41, 5.74) is 22.3. The van der Waals surface area contributed by atoms with E-state index in [1.165, 1.54) is 123 Å². The van der Waals surface area contributed by atoms with Crippen molar-refractivity contribution in [1.29, 1.82) is 0 Å². The van der Waals surface area contributed by atoms with Crippen LogP contribution >= 0.6 is 11.3 Å². The molecule has 1 aliphatic carbocycles. The van der Waals surface area contributed by atoms with E-state index in [1.807, 2.05) is 11.3 Å². The smallest absolute Gasteiger partial charge is 0.264 e. The maximum absolute atomic E-state index is 2.66. The van der Waals surface area contributed by atoms with E-state index in [1.54, 1.807) is 0 Å². The van der Waals surface area contributed by atoms with Crippen molar-refractivity contribution >= 4 is 78.0 Å². The Hall–Kier alpha value is -5.84. The van der Waals surface area contributed by atoms with Crippen LogP contribution in [0.5, 0.6) is 0 Å². The molecule has 8 aromatic rings. The summed E-state index contributed by atoms with van der Waals surface area (Å²) in [6.45, 7) is 30.9. The van der Waals surface area contributed by atoms with Gasteiger partial charge in [-0.3, -0.25) is 0 Å². The molecule has 0 atom stereocenters. The average Bonchev–Trinajstić information content (AvgIpc) is 3.68. The van der Waals surface area contributed by atoms with Gasteiger partial charge in [-0.05, 0) is 151 Å². The van der Waals surface area contributed by atoms with E-state index < -0.39 is 0 Å². The van der Waals surface area contributed by atoms with E-state index in [-0.39, 0.29) is 33.8 Å². The number of hydrogen-bond acceptors (Lipinski definition) is 3. The Morgan fingerprint density at radius 1 is 0.515 bits per heavy atom. The van der Waals surface area contributed by atoms with Gasteiger partial charge in [-0.15, -0.1) is 11.3 Å². The van der Waals surface area contributed by atoms with E-state index in [2.05, 4.69) is 245 Å². The second-order valence-corrected chi connectivity index (χ2v) is 25.3. The number of aryl methyl sites for hydroxylation is 1. The van der Waals surface area contributed by atoms with E-state index >= 15 is 0 Å². The van der Waals surface area contributed by atoms with Gasteiger partial charge in [0, 0.05) is 48.6 Å². The summed E-state index contributed by atoms with van der Waals surface area (Å²) in [4.78, 5) is 5.31. The second-order valence-electron chi connectivity index (χ2n) is 24.2. The standard InChI is InChI=1S/C64H67BN2S/c1-40-34-54-57-55(35-40)67(52-31-27-44(61(5,6)7)36-47(52)41-20-16-14-17-21-41)53-37-45(64(12,13)43-22-18-15-19-23-43)26-30-51(53)65(57)59-58(66(54)46-28-24-42(25-29-46)60(2,3)4)48-38-49-50(39-56(48)68-59)63(10,11)33-32-62(49,8)9/h14-31,34-39H,32-33H2,1-13H3. The summed E-state index contributed by atoms with van der Waals surface area (Å²) in [6.07, 6.45) is 2.38. The van der Waals surface area contributed by atoms with Crippen LogP contribution in [0.3, 0.4) is 0 Å². The minimum Gasteiger partial charge on any atom is -0.311 e. The summed E-state index contributed by atoms with van der Waals surface area (Å²) >= 11 is 2.03. The molecule has 3 aliphatic rings. The molecule has 68 heavy (non-hydrogen) atoms. The predicted molar refractivity (Wildman–Crippen MR) is 297 cm³/mol. The van der Waals surface area contributed by atoms with Gasteiger partial charge in [0.2, 0.25) is 0 Å². The molecule has 7 aromatic carbocycles. The minimum atomic E-state index is -0.234. The number of fused-ring (bicyclic) bond motifs is 7. The van der Waals surface area contributed by atoms with Gasteiger partial charge in [0.1, 0.15) is 0 Å². The molecule has 1 aromatic heterocycles. The highest BCUT2D eigenvalue weighted by molar-refractivity contribution is 7.33. The van der Waals surface area contributed by atoms with Crippen molar-refractivity contribution in [1.82, 2.24) is 0 Å². The van der Waals surface area contributed by atoms with Crippen molar-refractivity contribution < 1.29 is 0 Å². The van der Waals surface area contributed by atoms with E-state index in [0.29, 0.717) is 0 Å². The Kier molecular flexibility index (Phi) is 10.1. The van der Waals surface area contributed by atoms with Crippen LogP contribution in [0, 0.1) is 6.92 Å².